The molecule has 122 valence electrons. The Morgan fingerprint density at radius 2 is 2.09 bits per heavy atom. The summed E-state index contributed by atoms with van der Waals surface area (Å²) < 4.78 is 34.2. The summed E-state index contributed by atoms with van der Waals surface area (Å²) in [6, 6.07) is 7.52. The maximum Gasteiger partial charge on any atom is 0.387 e. The number of carbonyl (C=O) groups excluding carboxylic acids is 1. The van der Waals surface area contributed by atoms with E-state index in [9.17, 15) is 13.6 Å². The van der Waals surface area contributed by atoms with Crippen molar-refractivity contribution in [1.29, 1.82) is 0 Å². The summed E-state index contributed by atoms with van der Waals surface area (Å²) in [7, 11) is 1.34. The van der Waals surface area contributed by atoms with Gasteiger partial charge in [0.25, 0.3) is 5.91 Å². The van der Waals surface area contributed by atoms with Gasteiger partial charge in [-0.05, 0) is 30.5 Å². The number of halogens is 2. The molecule has 0 aliphatic heterocycles. The van der Waals surface area contributed by atoms with Gasteiger partial charge in [0.1, 0.15) is 5.03 Å². The van der Waals surface area contributed by atoms with E-state index >= 15 is 0 Å². The number of nitrogens with zero attached hydrogens (tertiary/aromatic N) is 1. The molecule has 1 N–H and O–H groups in total. The predicted octanol–water partition coefficient (Wildman–Crippen LogP) is 3.67. The van der Waals surface area contributed by atoms with Crippen molar-refractivity contribution in [2.45, 2.75) is 11.6 Å². The summed E-state index contributed by atoms with van der Waals surface area (Å²) in [5.41, 5.74) is 0.703. The first kappa shape index (κ1) is 17.0. The minimum atomic E-state index is -2.99. The first-order valence-electron chi connectivity index (χ1n) is 6.48. The zero-order valence-corrected chi connectivity index (χ0v) is 13.2. The van der Waals surface area contributed by atoms with Crippen LogP contribution in [0.1, 0.15) is 10.4 Å². The monoisotopic (exact) mass is 340 g/mol. The molecule has 0 bridgehead atoms. The summed E-state index contributed by atoms with van der Waals surface area (Å²) in [4.78, 5) is 16.4. The van der Waals surface area contributed by atoms with E-state index in [4.69, 9.17) is 4.74 Å². The Bertz CT molecular complexity index is 698. The number of carbonyl (C=O) groups is 1. The lowest BCUT2D eigenvalue weighted by atomic mass is 10.2. The fraction of sp³-hybridized carbons (Fsp3) is 0.200. The maximum absolute atomic E-state index is 12.4. The van der Waals surface area contributed by atoms with Gasteiger partial charge in [0, 0.05) is 18.0 Å². The van der Waals surface area contributed by atoms with Gasteiger partial charge in [0.15, 0.2) is 11.5 Å². The van der Waals surface area contributed by atoms with Gasteiger partial charge in [-0.25, -0.2) is 4.98 Å². The van der Waals surface area contributed by atoms with Crippen LogP contribution in [0.3, 0.4) is 0 Å². The molecule has 1 heterocycles. The quantitative estimate of drug-likeness (QED) is 0.813. The highest BCUT2D eigenvalue weighted by Gasteiger charge is 2.15. The molecular weight excluding hydrogens is 326 g/mol. The minimum Gasteiger partial charge on any atom is -0.493 e. The topological polar surface area (TPSA) is 60.5 Å². The second kappa shape index (κ2) is 7.77. The maximum atomic E-state index is 12.4. The number of aromatic nitrogens is 1. The van der Waals surface area contributed by atoms with Gasteiger partial charge < -0.3 is 14.8 Å². The Morgan fingerprint density at radius 3 is 2.74 bits per heavy atom. The number of hydrogen-bond acceptors (Lipinski definition) is 5. The molecule has 0 saturated carbocycles. The van der Waals surface area contributed by atoms with Crippen LogP contribution in [0.4, 0.5) is 14.5 Å². The molecule has 0 spiro atoms. The molecule has 0 unspecified atom stereocenters. The van der Waals surface area contributed by atoms with Crippen molar-refractivity contribution in [2.24, 2.45) is 0 Å². The van der Waals surface area contributed by atoms with Crippen LogP contribution in [0.5, 0.6) is 11.5 Å². The minimum absolute atomic E-state index is 0.148. The Hall–Kier alpha value is -2.35. The number of anilines is 1. The lowest BCUT2D eigenvalue weighted by Gasteiger charge is -2.12. The molecule has 23 heavy (non-hydrogen) atoms. The van der Waals surface area contributed by atoms with Crippen molar-refractivity contribution < 1.29 is 23.0 Å². The number of benzene rings is 1. The van der Waals surface area contributed by atoms with Crippen LogP contribution < -0.4 is 14.8 Å². The van der Waals surface area contributed by atoms with Gasteiger partial charge in [0.2, 0.25) is 0 Å². The van der Waals surface area contributed by atoms with Gasteiger partial charge in [-0.3, -0.25) is 4.79 Å². The Morgan fingerprint density at radius 1 is 1.30 bits per heavy atom. The molecule has 1 amide bonds. The molecule has 1 aromatic carbocycles. The molecule has 0 saturated heterocycles. The summed E-state index contributed by atoms with van der Waals surface area (Å²) >= 11 is 1.34. The fourth-order valence-electron chi connectivity index (χ4n) is 1.87. The molecule has 0 atom stereocenters. The van der Waals surface area contributed by atoms with Crippen LogP contribution in [0.25, 0.3) is 0 Å². The van der Waals surface area contributed by atoms with Crippen molar-refractivity contribution in [2.75, 3.05) is 18.7 Å². The fourth-order valence-corrected chi connectivity index (χ4v) is 2.41. The summed E-state index contributed by atoms with van der Waals surface area (Å²) in [5.74, 6) is -0.401. The van der Waals surface area contributed by atoms with E-state index in [1.165, 1.54) is 37.1 Å². The lowest BCUT2D eigenvalue weighted by molar-refractivity contribution is -0.0511. The summed E-state index contributed by atoms with van der Waals surface area (Å²) in [6.07, 6.45) is 3.39. The summed E-state index contributed by atoms with van der Waals surface area (Å²) in [6.45, 7) is -2.99. The molecule has 0 aliphatic carbocycles. The van der Waals surface area contributed by atoms with Gasteiger partial charge in [-0.1, -0.05) is 0 Å². The van der Waals surface area contributed by atoms with Crippen LogP contribution in [-0.2, 0) is 0 Å². The Labute approximate surface area is 136 Å². The second-order valence-corrected chi connectivity index (χ2v) is 5.05. The van der Waals surface area contributed by atoms with Crippen molar-refractivity contribution >= 4 is 23.4 Å². The lowest BCUT2D eigenvalue weighted by Crippen LogP contribution is -2.14. The molecule has 0 radical (unpaired) electrons. The van der Waals surface area contributed by atoms with Crippen LogP contribution in [-0.4, -0.2) is 30.9 Å². The van der Waals surface area contributed by atoms with Crippen LogP contribution >= 0.6 is 11.8 Å². The van der Waals surface area contributed by atoms with Gasteiger partial charge >= 0.3 is 6.61 Å². The SMILES string of the molecule is COc1ccc(NC(=O)c2cccnc2SC)cc1OC(F)F. The Balaban J connectivity index is 2.24. The summed E-state index contributed by atoms with van der Waals surface area (Å²) in [5, 5.41) is 3.20. The molecule has 2 aromatic rings. The number of amides is 1. The number of ether oxygens (including phenoxy) is 2. The molecule has 0 aliphatic rings. The zero-order valence-electron chi connectivity index (χ0n) is 12.4. The van der Waals surface area contributed by atoms with Gasteiger partial charge in [0.05, 0.1) is 12.7 Å². The molecule has 0 fully saturated rings. The number of alkyl halides is 2. The van der Waals surface area contributed by atoms with Crippen molar-refractivity contribution in [3.63, 3.8) is 0 Å². The molecule has 2 rings (SSSR count). The average Bonchev–Trinajstić information content (AvgIpc) is 2.54. The van der Waals surface area contributed by atoms with E-state index in [0.717, 1.165) is 0 Å². The third kappa shape index (κ3) is 4.32. The van der Waals surface area contributed by atoms with Crippen molar-refractivity contribution in [1.82, 2.24) is 4.98 Å². The average molecular weight is 340 g/mol. The smallest absolute Gasteiger partial charge is 0.387 e. The standard InChI is InChI=1S/C15H14F2N2O3S/c1-21-11-6-5-9(8-12(11)22-15(16)17)19-13(20)10-4-3-7-18-14(10)23-2/h3-8,15H,1-2H3,(H,19,20). The van der Waals surface area contributed by atoms with Crippen LogP contribution in [0, 0.1) is 0 Å². The van der Waals surface area contributed by atoms with E-state index in [-0.39, 0.29) is 11.5 Å². The largest absolute Gasteiger partial charge is 0.493 e. The van der Waals surface area contributed by atoms with E-state index in [1.54, 1.807) is 24.6 Å². The Kier molecular flexibility index (Phi) is 5.75. The van der Waals surface area contributed by atoms with E-state index in [2.05, 4.69) is 15.0 Å². The molecular formula is C15H14F2N2O3S. The first-order chi connectivity index (χ1) is 11.0. The number of nitrogens with one attached hydrogen (secondary N) is 1. The highest BCUT2D eigenvalue weighted by Crippen LogP contribution is 2.31. The van der Waals surface area contributed by atoms with Gasteiger partial charge in [-0.2, -0.15) is 8.78 Å². The number of thioether (sulfide) groups is 1. The molecule has 1 aromatic heterocycles. The third-order valence-corrected chi connectivity index (χ3v) is 3.56. The number of pyridine rings is 1. The van der Waals surface area contributed by atoms with Crippen LogP contribution in [0.2, 0.25) is 0 Å². The highest BCUT2D eigenvalue weighted by atomic mass is 32.2. The first-order valence-corrected chi connectivity index (χ1v) is 7.71. The van der Waals surface area contributed by atoms with E-state index in [1.807, 2.05) is 0 Å². The van der Waals surface area contributed by atoms with E-state index in [0.29, 0.717) is 16.3 Å². The molecule has 8 heteroatoms. The van der Waals surface area contributed by atoms with Crippen molar-refractivity contribution in [3.05, 3.63) is 42.1 Å². The van der Waals surface area contributed by atoms with Gasteiger partial charge in [-0.15, -0.1) is 11.8 Å². The number of hydrogen-bond donors (Lipinski definition) is 1. The second-order valence-electron chi connectivity index (χ2n) is 4.26. The highest BCUT2D eigenvalue weighted by molar-refractivity contribution is 7.98. The predicted molar refractivity (Wildman–Crippen MR) is 83.6 cm³/mol. The third-order valence-electron chi connectivity index (χ3n) is 2.85. The zero-order chi connectivity index (χ0) is 16.8. The number of methoxy groups -OCH3 is 1. The van der Waals surface area contributed by atoms with Crippen LogP contribution in [0.15, 0.2) is 41.6 Å². The van der Waals surface area contributed by atoms with Crippen molar-refractivity contribution in [3.8, 4) is 11.5 Å². The van der Waals surface area contributed by atoms with E-state index < -0.39 is 12.5 Å². The normalized spacial score (nSPS) is 10.5. The molecule has 5 nitrogen and oxygen atoms in total. The number of rotatable bonds is 6.